The summed E-state index contributed by atoms with van der Waals surface area (Å²) in [6, 6.07) is 20.2. The fourth-order valence-electron chi connectivity index (χ4n) is 5.47. The number of aliphatic hydroxyl groups excluding tert-OH is 1. The van der Waals surface area contributed by atoms with Gasteiger partial charge in [-0.25, -0.2) is 0 Å². The van der Waals surface area contributed by atoms with Crippen molar-refractivity contribution < 1.29 is 24.1 Å². The van der Waals surface area contributed by atoms with E-state index in [1.165, 1.54) is 6.42 Å². The molecule has 32 heavy (non-hydrogen) atoms. The highest BCUT2D eigenvalue weighted by atomic mass is 16.7. The first kappa shape index (κ1) is 22.1. The largest absolute Gasteiger partial charge is 0.390 e. The van der Waals surface area contributed by atoms with E-state index in [1.54, 1.807) is 0 Å². The fourth-order valence-corrected chi connectivity index (χ4v) is 5.47. The predicted molar refractivity (Wildman–Crippen MR) is 121 cm³/mol. The summed E-state index contributed by atoms with van der Waals surface area (Å²) in [6.07, 6.45) is 4.77. The van der Waals surface area contributed by atoms with E-state index in [2.05, 4.69) is 12.1 Å². The Labute approximate surface area is 190 Å². The molecule has 1 spiro atoms. The van der Waals surface area contributed by atoms with Gasteiger partial charge in [-0.3, -0.25) is 0 Å². The molecule has 2 aliphatic carbocycles. The first-order chi connectivity index (χ1) is 15.7. The highest BCUT2D eigenvalue weighted by Crippen LogP contribution is 2.44. The Morgan fingerprint density at radius 2 is 1.41 bits per heavy atom. The summed E-state index contributed by atoms with van der Waals surface area (Å²) in [7, 11) is 0. The average molecular weight is 439 g/mol. The molecule has 1 heterocycles. The minimum atomic E-state index is -0.587. The Morgan fingerprint density at radius 3 is 2.03 bits per heavy atom. The van der Waals surface area contributed by atoms with Gasteiger partial charge in [0.15, 0.2) is 5.79 Å². The molecule has 0 aromatic heterocycles. The summed E-state index contributed by atoms with van der Waals surface area (Å²) < 4.78 is 25.5. The quantitative estimate of drug-likeness (QED) is 0.684. The SMILES string of the molecule is O[C@H]1C[C@H]([C@H]2COC3(CCCCC3)O2)[C@@H](OCc2ccccc2)[C@H]1OCc1ccccc1. The summed E-state index contributed by atoms with van der Waals surface area (Å²) >= 11 is 0. The van der Waals surface area contributed by atoms with Crippen molar-refractivity contribution in [2.24, 2.45) is 5.92 Å². The van der Waals surface area contributed by atoms with E-state index in [0.29, 0.717) is 26.2 Å². The Hall–Kier alpha value is -1.76. The molecular weight excluding hydrogens is 404 g/mol. The fraction of sp³-hybridized carbons (Fsp3) is 0.556. The Balaban J connectivity index is 1.30. The van der Waals surface area contributed by atoms with Crippen molar-refractivity contribution in [1.82, 2.24) is 0 Å². The third-order valence-corrected chi connectivity index (χ3v) is 7.18. The molecule has 5 rings (SSSR count). The molecule has 5 heteroatoms. The van der Waals surface area contributed by atoms with Gasteiger partial charge < -0.3 is 24.1 Å². The summed E-state index contributed by atoms with van der Waals surface area (Å²) in [6.45, 7) is 1.50. The number of rotatable bonds is 7. The first-order valence-electron chi connectivity index (χ1n) is 12.0. The maximum Gasteiger partial charge on any atom is 0.168 e. The van der Waals surface area contributed by atoms with Crippen LogP contribution < -0.4 is 0 Å². The lowest BCUT2D eigenvalue weighted by atomic mass is 9.94. The van der Waals surface area contributed by atoms with Crippen LogP contribution in [-0.2, 0) is 32.2 Å². The van der Waals surface area contributed by atoms with Gasteiger partial charge in [-0.2, -0.15) is 0 Å². The molecule has 0 unspecified atom stereocenters. The number of aliphatic hydroxyl groups is 1. The van der Waals surface area contributed by atoms with Gasteiger partial charge in [0.1, 0.15) is 6.10 Å². The Kier molecular flexibility index (Phi) is 6.91. The Morgan fingerprint density at radius 1 is 0.812 bits per heavy atom. The van der Waals surface area contributed by atoms with Crippen LogP contribution in [-0.4, -0.2) is 41.9 Å². The topological polar surface area (TPSA) is 57.2 Å². The van der Waals surface area contributed by atoms with Crippen LogP contribution in [0, 0.1) is 5.92 Å². The van der Waals surface area contributed by atoms with Crippen molar-refractivity contribution in [1.29, 1.82) is 0 Å². The average Bonchev–Trinajstić information content (AvgIpc) is 3.38. The van der Waals surface area contributed by atoms with Crippen LogP contribution in [0.5, 0.6) is 0 Å². The van der Waals surface area contributed by atoms with Gasteiger partial charge in [-0.15, -0.1) is 0 Å². The van der Waals surface area contributed by atoms with Gasteiger partial charge in [-0.05, 0) is 30.4 Å². The first-order valence-corrected chi connectivity index (χ1v) is 12.0. The van der Waals surface area contributed by atoms with E-state index in [-0.39, 0.29) is 18.1 Å². The van der Waals surface area contributed by atoms with Crippen molar-refractivity contribution in [3.63, 3.8) is 0 Å². The molecule has 1 aliphatic heterocycles. The summed E-state index contributed by atoms with van der Waals surface area (Å²) in [4.78, 5) is 0. The van der Waals surface area contributed by atoms with Crippen LogP contribution in [0.4, 0.5) is 0 Å². The monoisotopic (exact) mass is 438 g/mol. The van der Waals surface area contributed by atoms with Crippen LogP contribution in [0.15, 0.2) is 60.7 Å². The van der Waals surface area contributed by atoms with Crippen LogP contribution in [0.25, 0.3) is 0 Å². The summed E-state index contributed by atoms with van der Waals surface area (Å²) in [5.41, 5.74) is 2.20. The second kappa shape index (κ2) is 10.0. The number of benzene rings is 2. The van der Waals surface area contributed by atoms with Crippen LogP contribution >= 0.6 is 0 Å². The third-order valence-electron chi connectivity index (χ3n) is 7.18. The molecule has 3 fully saturated rings. The minimum Gasteiger partial charge on any atom is -0.390 e. The second-order valence-corrected chi connectivity index (χ2v) is 9.43. The standard InChI is InChI=1S/C27H34O5/c28-23-16-22(24-19-31-27(32-24)14-8-3-9-15-27)25(29-17-20-10-4-1-5-11-20)26(23)30-18-21-12-6-2-7-13-21/h1-2,4-7,10-13,22-26,28H,3,8-9,14-19H2/t22-,23+,24-,25-,26+/m1/s1. The van der Waals surface area contributed by atoms with Crippen molar-refractivity contribution in [3.05, 3.63) is 71.8 Å². The van der Waals surface area contributed by atoms with E-state index < -0.39 is 18.0 Å². The molecule has 3 aliphatic rings. The van der Waals surface area contributed by atoms with Crippen molar-refractivity contribution >= 4 is 0 Å². The predicted octanol–water partition coefficient (Wildman–Crippen LogP) is 4.61. The zero-order chi connectivity index (χ0) is 21.8. The molecule has 1 saturated heterocycles. The van der Waals surface area contributed by atoms with E-state index in [0.717, 1.165) is 36.8 Å². The molecule has 5 nitrogen and oxygen atoms in total. The Bertz CT molecular complexity index is 836. The van der Waals surface area contributed by atoms with Crippen LogP contribution in [0.2, 0.25) is 0 Å². The smallest absolute Gasteiger partial charge is 0.168 e. The van der Waals surface area contributed by atoms with E-state index in [4.69, 9.17) is 18.9 Å². The lowest BCUT2D eigenvalue weighted by molar-refractivity contribution is -0.197. The number of hydrogen-bond acceptors (Lipinski definition) is 5. The summed E-state index contributed by atoms with van der Waals surface area (Å²) in [5.74, 6) is -0.392. The van der Waals surface area contributed by atoms with Gasteiger partial charge in [0.2, 0.25) is 0 Å². The highest BCUT2D eigenvalue weighted by Gasteiger charge is 2.53. The molecule has 172 valence electrons. The van der Waals surface area contributed by atoms with Crippen molar-refractivity contribution in [2.45, 2.75) is 81.9 Å². The highest BCUT2D eigenvalue weighted by molar-refractivity contribution is 5.15. The molecule has 0 radical (unpaired) electrons. The molecule has 2 saturated carbocycles. The van der Waals surface area contributed by atoms with Crippen molar-refractivity contribution in [2.75, 3.05) is 6.61 Å². The molecule has 2 aromatic carbocycles. The second-order valence-electron chi connectivity index (χ2n) is 9.43. The lowest BCUT2D eigenvalue weighted by Gasteiger charge is -2.33. The molecule has 0 bridgehead atoms. The van der Waals surface area contributed by atoms with Crippen LogP contribution in [0.3, 0.4) is 0 Å². The van der Waals surface area contributed by atoms with E-state index in [1.807, 2.05) is 48.5 Å². The van der Waals surface area contributed by atoms with Gasteiger partial charge in [-0.1, -0.05) is 67.1 Å². The zero-order valence-electron chi connectivity index (χ0n) is 18.6. The van der Waals surface area contributed by atoms with Gasteiger partial charge in [0, 0.05) is 18.8 Å². The normalized spacial score (nSPS) is 31.8. The lowest BCUT2D eigenvalue weighted by Crippen LogP contribution is -2.40. The van der Waals surface area contributed by atoms with Crippen LogP contribution in [0.1, 0.15) is 49.7 Å². The molecule has 5 atom stereocenters. The molecule has 0 amide bonds. The minimum absolute atomic E-state index is 0.0378. The molecule has 2 aromatic rings. The maximum atomic E-state index is 11.0. The third kappa shape index (κ3) is 4.92. The zero-order valence-corrected chi connectivity index (χ0v) is 18.6. The number of ether oxygens (including phenoxy) is 4. The maximum absolute atomic E-state index is 11.0. The van der Waals surface area contributed by atoms with Gasteiger partial charge in [0.05, 0.1) is 38.1 Å². The molecule has 1 N–H and O–H groups in total. The van der Waals surface area contributed by atoms with E-state index in [9.17, 15) is 5.11 Å². The van der Waals surface area contributed by atoms with Crippen molar-refractivity contribution in [3.8, 4) is 0 Å². The van der Waals surface area contributed by atoms with E-state index >= 15 is 0 Å². The van der Waals surface area contributed by atoms with Gasteiger partial charge >= 0.3 is 0 Å². The molecular formula is C27H34O5. The number of hydrogen-bond donors (Lipinski definition) is 1. The van der Waals surface area contributed by atoms with Gasteiger partial charge in [0.25, 0.3) is 0 Å². The summed E-state index contributed by atoms with van der Waals surface area (Å²) in [5, 5.41) is 11.0.